The van der Waals surface area contributed by atoms with Crippen molar-refractivity contribution in [2.24, 2.45) is 0 Å². The third-order valence-electron chi connectivity index (χ3n) is 4.10. The Balaban J connectivity index is 2.00. The van der Waals surface area contributed by atoms with Crippen LogP contribution in [0.5, 0.6) is 0 Å². The van der Waals surface area contributed by atoms with Crippen LogP contribution in [-0.2, 0) is 0 Å². The minimum Gasteiger partial charge on any atom is -0.357 e. The van der Waals surface area contributed by atoms with Crippen LogP contribution in [0.25, 0.3) is 11.4 Å². The van der Waals surface area contributed by atoms with Crippen LogP contribution in [0.1, 0.15) is 24.3 Å². The number of nitrogens with one attached hydrogen (secondary N) is 1. The molecule has 3 rings (SSSR count). The van der Waals surface area contributed by atoms with E-state index in [1.165, 1.54) is 0 Å². The molecule has 5 nitrogen and oxygen atoms in total. The van der Waals surface area contributed by atoms with Gasteiger partial charge in [0, 0.05) is 30.4 Å². The van der Waals surface area contributed by atoms with Crippen molar-refractivity contribution in [3.8, 4) is 11.4 Å². The monoisotopic (exact) mass is 346 g/mol. The summed E-state index contributed by atoms with van der Waals surface area (Å²) in [4.78, 5) is 24.0. The summed E-state index contributed by atoms with van der Waals surface area (Å²) >= 11 is 0. The molecule has 0 aliphatic heterocycles. The summed E-state index contributed by atoms with van der Waals surface area (Å²) in [6, 6.07) is 20.8. The Morgan fingerprint density at radius 3 is 2.15 bits per heavy atom. The molecule has 0 fully saturated rings. The van der Waals surface area contributed by atoms with Crippen LogP contribution in [-0.4, -0.2) is 29.0 Å². The first-order chi connectivity index (χ1) is 12.7. The average Bonchev–Trinajstić information content (AvgIpc) is 2.70. The maximum atomic E-state index is 12.7. The molecule has 0 unspecified atom stereocenters. The van der Waals surface area contributed by atoms with Crippen molar-refractivity contribution in [2.75, 3.05) is 23.3 Å². The fraction of sp³-hybridized carbons (Fsp3) is 0.190. The predicted octanol–water partition coefficient (Wildman–Crippen LogP) is 4.24. The summed E-state index contributed by atoms with van der Waals surface area (Å²) in [5, 5.41) is 2.89. The molecule has 2 aromatic carbocycles. The Bertz CT molecular complexity index is 862. The summed E-state index contributed by atoms with van der Waals surface area (Å²) < 4.78 is 0. The standard InChI is InChI=1S/C21H22N4O/c1-3-25(4-2)19-15-18(21(26)22-17-13-9-6-10-14-17)23-20(24-19)16-11-7-5-8-12-16/h5-15H,3-4H2,1-2H3,(H,22,26). The summed E-state index contributed by atoms with van der Waals surface area (Å²) in [6.07, 6.45) is 0. The lowest BCUT2D eigenvalue weighted by molar-refractivity contribution is 0.102. The fourth-order valence-electron chi connectivity index (χ4n) is 2.69. The number of carbonyl (C=O) groups is 1. The number of aromatic nitrogens is 2. The SMILES string of the molecule is CCN(CC)c1cc(C(=O)Nc2ccccc2)nc(-c2ccccc2)n1. The second-order valence-electron chi connectivity index (χ2n) is 5.79. The average molecular weight is 346 g/mol. The molecule has 0 saturated carbocycles. The van der Waals surface area contributed by atoms with Gasteiger partial charge in [0.25, 0.3) is 5.91 Å². The summed E-state index contributed by atoms with van der Waals surface area (Å²) in [6.45, 7) is 5.75. The number of amides is 1. The third-order valence-corrected chi connectivity index (χ3v) is 4.10. The molecule has 0 spiro atoms. The first-order valence-corrected chi connectivity index (χ1v) is 8.77. The van der Waals surface area contributed by atoms with Crippen molar-refractivity contribution in [2.45, 2.75) is 13.8 Å². The van der Waals surface area contributed by atoms with Gasteiger partial charge in [0.2, 0.25) is 0 Å². The van der Waals surface area contributed by atoms with E-state index in [2.05, 4.69) is 34.0 Å². The highest BCUT2D eigenvalue weighted by Gasteiger charge is 2.15. The van der Waals surface area contributed by atoms with Gasteiger partial charge in [-0.1, -0.05) is 48.5 Å². The molecule has 1 aromatic heterocycles. The number of carbonyl (C=O) groups excluding carboxylic acids is 1. The van der Waals surface area contributed by atoms with E-state index >= 15 is 0 Å². The molecule has 132 valence electrons. The lowest BCUT2D eigenvalue weighted by atomic mass is 10.2. The van der Waals surface area contributed by atoms with E-state index in [0.717, 1.165) is 30.2 Å². The van der Waals surface area contributed by atoms with Gasteiger partial charge in [-0.15, -0.1) is 0 Å². The Hall–Kier alpha value is -3.21. The van der Waals surface area contributed by atoms with Crippen LogP contribution in [0.4, 0.5) is 11.5 Å². The molecule has 26 heavy (non-hydrogen) atoms. The fourth-order valence-corrected chi connectivity index (χ4v) is 2.69. The molecular weight excluding hydrogens is 324 g/mol. The Kier molecular flexibility index (Phi) is 5.59. The topological polar surface area (TPSA) is 58.1 Å². The second kappa shape index (κ2) is 8.25. The molecular formula is C21H22N4O. The zero-order valence-corrected chi connectivity index (χ0v) is 15.0. The summed E-state index contributed by atoms with van der Waals surface area (Å²) in [7, 11) is 0. The number of rotatable bonds is 6. The van der Waals surface area contributed by atoms with Gasteiger partial charge in [0.1, 0.15) is 11.5 Å². The van der Waals surface area contributed by atoms with Crippen LogP contribution in [0.3, 0.4) is 0 Å². The van der Waals surface area contributed by atoms with E-state index in [1.807, 2.05) is 60.7 Å². The van der Waals surface area contributed by atoms with Crippen LogP contribution in [0, 0.1) is 0 Å². The van der Waals surface area contributed by atoms with E-state index in [0.29, 0.717) is 11.5 Å². The molecule has 0 atom stereocenters. The lowest BCUT2D eigenvalue weighted by Gasteiger charge is -2.21. The highest BCUT2D eigenvalue weighted by molar-refractivity contribution is 6.03. The maximum Gasteiger partial charge on any atom is 0.274 e. The highest BCUT2D eigenvalue weighted by atomic mass is 16.1. The van der Waals surface area contributed by atoms with E-state index in [1.54, 1.807) is 6.07 Å². The molecule has 1 amide bonds. The number of anilines is 2. The lowest BCUT2D eigenvalue weighted by Crippen LogP contribution is -2.24. The van der Waals surface area contributed by atoms with E-state index in [-0.39, 0.29) is 5.91 Å². The van der Waals surface area contributed by atoms with Gasteiger partial charge in [-0.3, -0.25) is 4.79 Å². The van der Waals surface area contributed by atoms with Crippen LogP contribution >= 0.6 is 0 Å². The van der Waals surface area contributed by atoms with Crippen LogP contribution < -0.4 is 10.2 Å². The second-order valence-corrected chi connectivity index (χ2v) is 5.79. The molecule has 0 radical (unpaired) electrons. The first kappa shape index (κ1) is 17.6. The van der Waals surface area contributed by atoms with Gasteiger partial charge >= 0.3 is 0 Å². The maximum absolute atomic E-state index is 12.7. The van der Waals surface area contributed by atoms with E-state index in [9.17, 15) is 4.79 Å². The molecule has 3 aromatic rings. The third kappa shape index (κ3) is 4.06. The highest BCUT2D eigenvalue weighted by Crippen LogP contribution is 2.21. The largest absolute Gasteiger partial charge is 0.357 e. The molecule has 0 bridgehead atoms. The number of hydrogen-bond donors (Lipinski definition) is 1. The number of hydrogen-bond acceptors (Lipinski definition) is 4. The minimum absolute atomic E-state index is 0.246. The zero-order chi connectivity index (χ0) is 18.4. The number of nitrogens with zero attached hydrogens (tertiary/aromatic N) is 3. The molecule has 5 heteroatoms. The van der Waals surface area contributed by atoms with E-state index < -0.39 is 0 Å². The number of para-hydroxylation sites is 1. The van der Waals surface area contributed by atoms with Gasteiger partial charge in [0.05, 0.1) is 0 Å². The van der Waals surface area contributed by atoms with Crippen molar-refractivity contribution < 1.29 is 4.79 Å². The van der Waals surface area contributed by atoms with E-state index in [4.69, 9.17) is 0 Å². The van der Waals surface area contributed by atoms with Crippen molar-refractivity contribution >= 4 is 17.4 Å². The zero-order valence-electron chi connectivity index (χ0n) is 15.0. The molecule has 0 aliphatic carbocycles. The molecule has 1 N–H and O–H groups in total. The quantitative estimate of drug-likeness (QED) is 0.725. The minimum atomic E-state index is -0.246. The molecule has 0 saturated heterocycles. The van der Waals surface area contributed by atoms with Crippen molar-refractivity contribution in [3.63, 3.8) is 0 Å². The summed E-state index contributed by atoms with van der Waals surface area (Å²) in [5.74, 6) is 1.06. The Morgan fingerprint density at radius 2 is 1.54 bits per heavy atom. The van der Waals surface area contributed by atoms with Crippen LogP contribution in [0.15, 0.2) is 66.7 Å². The van der Waals surface area contributed by atoms with Gasteiger partial charge in [0.15, 0.2) is 5.82 Å². The van der Waals surface area contributed by atoms with Gasteiger partial charge in [-0.2, -0.15) is 0 Å². The van der Waals surface area contributed by atoms with Crippen LogP contribution in [0.2, 0.25) is 0 Å². The summed E-state index contributed by atoms with van der Waals surface area (Å²) in [5.41, 5.74) is 1.97. The predicted molar refractivity (Wildman–Crippen MR) is 105 cm³/mol. The van der Waals surface area contributed by atoms with Gasteiger partial charge in [-0.05, 0) is 26.0 Å². The van der Waals surface area contributed by atoms with Gasteiger partial charge in [-0.25, -0.2) is 9.97 Å². The smallest absolute Gasteiger partial charge is 0.274 e. The first-order valence-electron chi connectivity index (χ1n) is 8.77. The van der Waals surface area contributed by atoms with Crippen molar-refractivity contribution in [1.82, 2.24) is 9.97 Å². The molecule has 1 heterocycles. The van der Waals surface area contributed by atoms with Crippen molar-refractivity contribution in [3.05, 3.63) is 72.4 Å². The molecule has 0 aliphatic rings. The van der Waals surface area contributed by atoms with Crippen molar-refractivity contribution in [1.29, 1.82) is 0 Å². The Labute approximate surface area is 153 Å². The normalized spacial score (nSPS) is 10.4. The van der Waals surface area contributed by atoms with Gasteiger partial charge < -0.3 is 10.2 Å². The Morgan fingerprint density at radius 1 is 0.923 bits per heavy atom. The number of benzene rings is 2.